The molecule has 0 saturated heterocycles. The van der Waals surface area contributed by atoms with E-state index in [1.807, 2.05) is 6.92 Å². The number of benzene rings is 1. The van der Waals surface area contributed by atoms with Crippen molar-refractivity contribution < 1.29 is 22.5 Å². The summed E-state index contributed by atoms with van der Waals surface area (Å²) in [6.07, 6.45) is 10.5. The summed E-state index contributed by atoms with van der Waals surface area (Å²) in [6.45, 7) is 1.84. The van der Waals surface area contributed by atoms with Crippen LogP contribution in [0.5, 0.6) is 0 Å². The van der Waals surface area contributed by atoms with Gasteiger partial charge in [0.2, 0.25) is 0 Å². The Bertz CT molecular complexity index is 690. The molecule has 2 aliphatic rings. The Labute approximate surface area is 162 Å². The fourth-order valence-corrected chi connectivity index (χ4v) is 4.13. The van der Waals surface area contributed by atoms with Crippen molar-refractivity contribution in [1.82, 2.24) is 0 Å². The molecule has 0 bridgehead atoms. The van der Waals surface area contributed by atoms with E-state index in [0.29, 0.717) is 5.92 Å². The summed E-state index contributed by atoms with van der Waals surface area (Å²) in [7, 11) is -4.02. The normalized spacial score (nSPS) is 19.8. The average molecular weight is 398 g/mol. The van der Waals surface area contributed by atoms with Crippen LogP contribution in [0.4, 0.5) is 0 Å². The van der Waals surface area contributed by atoms with Crippen LogP contribution in [0.25, 0.3) is 0 Å². The lowest BCUT2D eigenvalue weighted by atomic mass is 9.84. The van der Waals surface area contributed by atoms with E-state index < -0.39 is 10.1 Å². The fraction of sp³-hybridized carbons (Fsp3) is 0.650. The van der Waals surface area contributed by atoms with E-state index in [2.05, 4.69) is 0 Å². The molecule has 0 aromatic heterocycles. The number of hydrogen-bond acceptors (Lipinski definition) is 5. The molecule has 2 aliphatic carbocycles. The molecule has 0 radical (unpaired) electrons. The van der Waals surface area contributed by atoms with Gasteiger partial charge >= 0.3 is 5.97 Å². The first-order valence-corrected chi connectivity index (χ1v) is 11.2. The van der Waals surface area contributed by atoms with E-state index in [0.717, 1.165) is 31.2 Å². The summed E-state index contributed by atoms with van der Waals surface area (Å²) in [5, 5.41) is 0. The zero-order valence-electron chi connectivity index (χ0n) is 16.0. The number of aryl methyl sites for hydroxylation is 1. The summed E-state index contributed by atoms with van der Waals surface area (Å²) in [5.41, 5.74) is 6.95. The molecule has 7 heteroatoms. The highest BCUT2D eigenvalue weighted by molar-refractivity contribution is 7.85. The molecule has 0 heterocycles. The van der Waals surface area contributed by atoms with Gasteiger partial charge in [-0.25, -0.2) is 0 Å². The van der Waals surface area contributed by atoms with Gasteiger partial charge in [0.25, 0.3) is 10.1 Å². The van der Waals surface area contributed by atoms with Crippen molar-refractivity contribution in [2.45, 2.75) is 81.8 Å². The van der Waals surface area contributed by atoms with Crippen molar-refractivity contribution in [3.63, 3.8) is 0 Å². The van der Waals surface area contributed by atoms with Crippen LogP contribution in [0.2, 0.25) is 0 Å². The summed E-state index contributed by atoms with van der Waals surface area (Å²) >= 11 is 0. The molecule has 1 aromatic carbocycles. The third-order valence-corrected chi connectivity index (χ3v) is 6.20. The van der Waals surface area contributed by atoms with Crippen LogP contribution in [-0.2, 0) is 19.6 Å². The Morgan fingerprint density at radius 2 is 1.56 bits per heavy atom. The van der Waals surface area contributed by atoms with E-state index in [9.17, 15) is 13.2 Å². The van der Waals surface area contributed by atoms with Gasteiger partial charge in [-0.3, -0.25) is 9.35 Å². The summed E-state index contributed by atoms with van der Waals surface area (Å²) in [4.78, 5) is 11.8. The Balaban J connectivity index is 0.000000208. The molecule has 2 fully saturated rings. The average Bonchev–Trinajstić information content (AvgIpc) is 3.15. The minimum atomic E-state index is -4.02. The van der Waals surface area contributed by atoms with Crippen molar-refractivity contribution in [3.8, 4) is 0 Å². The molecule has 6 nitrogen and oxygen atoms in total. The van der Waals surface area contributed by atoms with Gasteiger partial charge in [0.05, 0.1) is 4.90 Å². The molecular formula is C20H31NO5S. The lowest BCUT2D eigenvalue weighted by molar-refractivity contribution is -0.152. The van der Waals surface area contributed by atoms with E-state index in [1.165, 1.54) is 44.2 Å². The molecule has 0 aliphatic heterocycles. The second kappa shape index (κ2) is 10.2. The van der Waals surface area contributed by atoms with Gasteiger partial charge in [0.1, 0.15) is 12.1 Å². The Morgan fingerprint density at radius 3 is 2.07 bits per heavy atom. The van der Waals surface area contributed by atoms with Gasteiger partial charge in [0, 0.05) is 0 Å². The topological polar surface area (TPSA) is 107 Å². The molecule has 0 spiro atoms. The fourth-order valence-electron chi connectivity index (χ4n) is 3.65. The maximum atomic E-state index is 11.9. The number of hydrogen-bond donors (Lipinski definition) is 2. The Hall–Kier alpha value is -1.44. The van der Waals surface area contributed by atoms with Gasteiger partial charge in [0.15, 0.2) is 0 Å². The highest BCUT2D eigenvalue weighted by Crippen LogP contribution is 2.27. The Kier molecular flexibility index (Phi) is 8.26. The molecular weight excluding hydrogens is 366 g/mol. The molecule has 3 N–H and O–H groups in total. The standard InChI is InChI=1S/C13H23NO2.C7H8O3S/c14-12(10-6-2-1-3-7-10)13(15)16-11-8-4-5-9-11;1-6-2-4-7(5-3-6)11(8,9)10/h10-12H,1-9,14H2;2-5H,1H3,(H,8,9,10)/t12-;/m1./s1. The number of nitrogens with two attached hydrogens (primary N) is 1. The maximum Gasteiger partial charge on any atom is 0.323 e. The summed E-state index contributed by atoms with van der Waals surface area (Å²) < 4.78 is 35.0. The second-order valence-corrected chi connectivity index (χ2v) is 8.98. The quantitative estimate of drug-likeness (QED) is 0.593. The predicted octanol–water partition coefficient (Wildman–Crippen LogP) is 3.62. The van der Waals surface area contributed by atoms with Gasteiger partial charge in [-0.15, -0.1) is 0 Å². The van der Waals surface area contributed by atoms with Crippen molar-refractivity contribution in [2.24, 2.45) is 11.7 Å². The van der Waals surface area contributed by atoms with Crippen LogP contribution < -0.4 is 5.73 Å². The minimum absolute atomic E-state index is 0.0666. The Morgan fingerprint density at radius 1 is 1.04 bits per heavy atom. The van der Waals surface area contributed by atoms with Crippen molar-refractivity contribution in [1.29, 1.82) is 0 Å². The zero-order chi connectivity index (χ0) is 19.9. The number of carbonyl (C=O) groups is 1. The third-order valence-electron chi connectivity index (χ3n) is 5.33. The van der Waals surface area contributed by atoms with Crippen LogP contribution in [0.1, 0.15) is 63.4 Å². The van der Waals surface area contributed by atoms with Gasteiger partial charge in [-0.05, 0) is 63.5 Å². The first kappa shape index (κ1) is 21.9. The lowest BCUT2D eigenvalue weighted by Crippen LogP contribution is -2.41. The SMILES string of the molecule is Cc1ccc(S(=O)(=O)O)cc1.N[C@@H](C(=O)OC1CCCC1)C1CCCCC1. The van der Waals surface area contributed by atoms with E-state index >= 15 is 0 Å². The van der Waals surface area contributed by atoms with Crippen molar-refractivity contribution >= 4 is 16.1 Å². The molecule has 1 aromatic rings. The highest BCUT2D eigenvalue weighted by Gasteiger charge is 2.29. The van der Waals surface area contributed by atoms with Crippen LogP contribution >= 0.6 is 0 Å². The van der Waals surface area contributed by atoms with Gasteiger partial charge in [-0.2, -0.15) is 8.42 Å². The number of esters is 1. The molecule has 2 saturated carbocycles. The molecule has 3 rings (SSSR count). The van der Waals surface area contributed by atoms with E-state index in [4.69, 9.17) is 15.0 Å². The lowest BCUT2D eigenvalue weighted by Gasteiger charge is -2.26. The van der Waals surface area contributed by atoms with Crippen LogP contribution in [0, 0.1) is 12.8 Å². The monoisotopic (exact) mass is 397 g/mol. The smallest absolute Gasteiger partial charge is 0.323 e. The zero-order valence-corrected chi connectivity index (χ0v) is 16.8. The number of carbonyl (C=O) groups excluding carboxylic acids is 1. The van der Waals surface area contributed by atoms with Gasteiger partial charge in [-0.1, -0.05) is 37.0 Å². The second-order valence-electron chi connectivity index (χ2n) is 7.56. The van der Waals surface area contributed by atoms with E-state index in [1.54, 1.807) is 12.1 Å². The molecule has 152 valence electrons. The molecule has 27 heavy (non-hydrogen) atoms. The molecule has 0 unspecified atom stereocenters. The largest absolute Gasteiger partial charge is 0.461 e. The summed E-state index contributed by atoms with van der Waals surface area (Å²) in [5.74, 6) is 0.210. The van der Waals surface area contributed by atoms with Gasteiger partial charge < -0.3 is 10.5 Å². The molecule has 1 atom stereocenters. The number of ether oxygens (including phenoxy) is 1. The first-order chi connectivity index (χ1) is 12.8. The third kappa shape index (κ3) is 7.24. The van der Waals surface area contributed by atoms with Crippen molar-refractivity contribution in [2.75, 3.05) is 0 Å². The summed E-state index contributed by atoms with van der Waals surface area (Å²) in [6, 6.07) is 5.61. The molecule has 0 amide bonds. The first-order valence-electron chi connectivity index (χ1n) is 9.77. The maximum absolute atomic E-state index is 11.9. The highest BCUT2D eigenvalue weighted by atomic mass is 32.2. The van der Waals surface area contributed by atoms with Crippen molar-refractivity contribution in [3.05, 3.63) is 29.8 Å². The number of rotatable bonds is 4. The van der Waals surface area contributed by atoms with Crippen LogP contribution in [-0.4, -0.2) is 31.1 Å². The van der Waals surface area contributed by atoms with E-state index in [-0.39, 0.29) is 23.0 Å². The van der Waals surface area contributed by atoms with Crippen LogP contribution in [0.3, 0.4) is 0 Å². The van der Waals surface area contributed by atoms with Crippen LogP contribution in [0.15, 0.2) is 29.2 Å². The predicted molar refractivity (Wildman–Crippen MR) is 104 cm³/mol. The minimum Gasteiger partial charge on any atom is -0.461 e.